The van der Waals surface area contributed by atoms with Crippen LogP contribution in [-0.4, -0.2) is 23.2 Å². The van der Waals surface area contributed by atoms with Gasteiger partial charge in [-0.05, 0) is 46.2 Å². The molecular weight excluding hydrogens is 361 g/mol. The molecule has 0 saturated carbocycles. The van der Waals surface area contributed by atoms with E-state index in [9.17, 15) is 4.39 Å². The predicted octanol–water partition coefficient (Wildman–Crippen LogP) is 3.05. The summed E-state index contributed by atoms with van der Waals surface area (Å²) in [4.78, 5) is 4.13. The zero-order valence-electron chi connectivity index (χ0n) is 14.8. The Labute approximate surface area is 159 Å². The molecule has 0 spiro atoms. The van der Waals surface area contributed by atoms with Crippen LogP contribution in [0.5, 0.6) is 0 Å². The van der Waals surface area contributed by atoms with Crippen molar-refractivity contribution in [2.75, 3.05) is 17.7 Å². The van der Waals surface area contributed by atoms with Crippen molar-refractivity contribution in [3.8, 4) is 12.1 Å². The maximum Gasteiger partial charge on any atom is 0.202 e. The molecule has 3 rings (SSSR count). The van der Waals surface area contributed by atoms with Gasteiger partial charge in [0.1, 0.15) is 11.9 Å². The zero-order valence-corrected chi connectivity index (χ0v) is 14.8. The van der Waals surface area contributed by atoms with Crippen molar-refractivity contribution in [1.82, 2.24) is 10.3 Å². The molecule has 0 unspecified atom stereocenters. The molecule has 1 aromatic heterocycles. The van der Waals surface area contributed by atoms with Gasteiger partial charge in [-0.25, -0.2) is 9.02 Å². The van der Waals surface area contributed by atoms with E-state index in [1.54, 1.807) is 31.3 Å². The van der Waals surface area contributed by atoms with Gasteiger partial charge < -0.3 is 10.6 Å². The Kier molecular flexibility index (Phi) is 5.58. The third-order valence-electron chi connectivity index (χ3n) is 3.80. The topological polar surface area (TPSA) is 123 Å². The molecule has 0 atom stereocenters. The first-order valence-corrected chi connectivity index (χ1v) is 8.14. The van der Waals surface area contributed by atoms with Gasteiger partial charge in [-0.15, -0.1) is 0 Å². The van der Waals surface area contributed by atoms with Crippen molar-refractivity contribution in [2.45, 2.75) is 6.54 Å². The highest BCUT2D eigenvalue weighted by Gasteiger charge is 2.17. The lowest BCUT2D eigenvalue weighted by atomic mass is 10.1. The molecule has 8 nitrogen and oxygen atoms in total. The van der Waals surface area contributed by atoms with E-state index in [1.165, 1.54) is 18.2 Å². The number of aromatic nitrogens is 2. The standard InChI is InChI=1S/C19H14FN7O/c1-23-18(25-15-5-6-16(20)14(8-15)10-22)17-19(27-28-26-17)24-11-13-4-2-3-12(7-13)9-21/h2-8H,11H2,1H3,(H,23,25)(H,24,27). The average Bonchev–Trinajstić information content (AvgIpc) is 3.20. The van der Waals surface area contributed by atoms with Crippen LogP contribution >= 0.6 is 0 Å². The fourth-order valence-electron chi connectivity index (χ4n) is 2.44. The van der Waals surface area contributed by atoms with Crippen LogP contribution in [0.3, 0.4) is 0 Å². The van der Waals surface area contributed by atoms with E-state index >= 15 is 0 Å². The predicted molar refractivity (Wildman–Crippen MR) is 100.0 cm³/mol. The van der Waals surface area contributed by atoms with Crippen LogP contribution < -0.4 is 10.6 Å². The molecule has 0 radical (unpaired) electrons. The molecule has 0 aliphatic rings. The number of nitriles is 2. The second-order valence-electron chi connectivity index (χ2n) is 5.63. The number of aliphatic imine (C=N–C) groups is 1. The molecule has 2 N–H and O–H groups in total. The Morgan fingerprint density at radius 3 is 2.79 bits per heavy atom. The molecule has 138 valence electrons. The van der Waals surface area contributed by atoms with Crippen molar-refractivity contribution in [2.24, 2.45) is 4.99 Å². The summed E-state index contributed by atoms with van der Waals surface area (Å²) in [6, 6.07) is 15.1. The number of benzene rings is 2. The Hall–Kier alpha value is -4.24. The van der Waals surface area contributed by atoms with Gasteiger partial charge in [-0.3, -0.25) is 4.99 Å². The summed E-state index contributed by atoms with van der Waals surface area (Å²) >= 11 is 0. The number of halogens is 1. The summed E-state index contributed by atoms with van der Waals surface area (Å²) in [5.74, 6) is 0.0659. The summed E-state index contributed by atoms with van der Waals surface area (Å²) in [7, 11) is 1.55. The Morgan fingerprint density at radius 2 is 2.04 bits per heavy atom. The molecule has 0 bridgehead atoms. The largest absolute Gasteiger partial charge is 0.361 e. The van der Waals surface area contributed by atoms with E-state index in [0.717, 1.165) is 5.56 Å². The molecule has 0 amide bonds. The highest BCUT2D eigenvalue weighted by atomic mass is 19.1. The average molecular weight is 375 g/mol. The van der Waals surface area contributed by atoms with Gasteiger partial charge in [0.25, 0.3) is 0 Å². The molecule has 0 fully saturated rings. The summed E-state index contributed by atoms with van der Waals surface area (Å²) in [6.45, 7) is 0.392. The maximum atomic E-state index is 13.5. The number of nitrogens with zero attached hydrogens (tertiary/aromatic N) is 5. The van der Waals surface area contributed by atoms with Crippen molar-refractivity contribution in [1.29, 1.82) is 10.5 Å². The monoisotopic (exact) mass is 375 g/mol. The van der Waals surface area contributed by atoms with Gasteiger partial charge in [-0.1, -0.05) is 12.1 Å². The second kappa shape index (κ2) is 8.43. The lowest BCUT2D eigenvalue weighted by Crippen LogP contribution is -2.16. The smallest absolute Gasteiger partial charge is 0.202 e. The van der Waals surface area contributed by atoms with Crippen LogP contribution in [0, 0.1) is 28.5 Å². The van der Waals surface area contributed by atoms with Gasteiger partial charge in [0.15, 0.2) is 11.5 Å². The maximum absolute atomic E-state index is 13.5. The normalized spacial score (nSPS) is 10.8. The van der Waals surface area contributed by atoms with Crippen molar-refractivity contribution in [3.63, 3.8) is 0 Å². The molecular formula is C19H14FN7O. The van der Waals surface area contributed by atoms with Gasteiger partial charge in [-0.2, -0.15) is 10.5 Å². The van der Waals surface area contributed by atoms with Gasteiger partial charge in [0.2, 0.25) is 5.82 Å². The number of anilines is 2. The van der Waals surface area contributed by atoms with E-state index in [-0.39, 0.29) is 5.56 Å². The highest BCUT2D eigenvalue weighted by molar-refractivity contribution is 6.09. The summed E-state index contributed by atoms with van der Waals surface area (Å²) in [5.41, 5.74) is 2.14. The SMILES string of the molecule is C/N=C(\Nc1ccc(F)c(C#N)c1)c1nonc1NCc1cccc(C#N)c1. The second-order valence-corrected chi connectivity index (χ2v) is 5.63. The minimum absolute atomic E-state index is 0.0885. The highest BCUT2D eigenvalue weighted by Crippen LogP contribution is 2.18. The van der Waals surface area contributed by atoms with Crippen LogP contribution in [0.1, 0.15) is 22.4 Å². The van der Waals surface area contributed by atoms with Crippen molar-refractivity contribution in [3.05, 3.63) is 70.7 Å². The zero-order chi connectivity index (χ0) is 19.9. The molecule has 3 aromatic rings. The Balaban J connectivity index is 1.77. The van der Waals surface area contributed by atoms with E-state index in [2.05, 4.69) is 32.0 Å². The van der Waals surface area contributed by atoms with Crippen LogP contribution in [0.25, 0.3) is 0 Å². The Bertz CT molecular complexity index is 1110. The third-order valence-corrected chi connectivity index (χ3v) is 3.80. The molecule has 0 aliphatic carbocycles. The van der Waals surface area contributed by atoms with Crippen LogP contribution in [-0.2, 0) is 6.54 Å². The number of nitrogens with one attached hydrogen (secondary N) is 2. The first-order valence-electron chi connectivity index (χ1n) is 8.14. The van der Waals surface area contributed by atoms with Crippen molar-refractivity contribution >= 4 is 17.3 Å². The lowest BCUT2D eigenvalue weighted by Gasteiger charge is -2.09. The Morgan fingerprint density at radius 1 is 1.18 bits per heavy atom. The molecule has 28 heavy (non-hydrogen) atoms. The number of rotatable bonds is 5. The number of hydrogen-bond donors (Lipinski definition) is 2. The first kappa shape index (κ1) is 18.5. The van der Waals surface area contributed by atoms with E-state index in [0.29, 0.717) is 35.1 Å². The van der Waals surface area contributed by atoms with Gasteiger partial charge in [0, 0.05) is 19.3 Å². The van der Waals surface area contributed by atoms with Crippen molar-refractivity contribution < 1.29 is 9.02 Å². The summed E-state index contributed by atoms with van der Waals surface area (Å²) in [6.07, 6.45) is 0. The molecule has 0 saturated heterocycles. The van der Waals surface area contributed by atoms with E-state index in [1.807, 2.05) is 6.07 Å². The number of amidine groups is 1. The fraction of sp³-hybridized carbons (Fsp3) is 0.105. The van der Waals surface area contributed by atoms with Gasteiger partial charge in [0.05, 0.1) is 17.2 Å². The molecule has 1 heterocycles. The minimum Gasteiger partial charge on any atom is -0.361 e. The molecule has 9 heteroatoms. The van der Waals surface area contributed by atoms with E-state index < -0.39 is 5.82 Å². The first-order chi connectivity index (χ1) is 13.6. The molecule has 2 aromatic carbocycles. The third kappa shape index (κ3) is 4.11. The van der Waals surface area contributed by atoms with Crippen LogP contribution in [0.15, 0.2) is 52.1 Å². The quantitative estimate of drug-likeness (QED) is 0.519. The van der Waals surface area contributed by atoms with E-state index in [4.69, 9.17) is 15.2 Å². The summed E-state index contributed by atoms with van der Waals surface area (Å²) < 4.78 is 18.3. The number of hydrogen-bond acceptors (Lipinski definition) is 7. The van der Waals surface area contributed by atoms with Crippen LogP contribution in [0.2, 0.25) is 0 Å². The molecule has 0 aliphatic heterocycles. The minimum atomic E-state index is -0.604. The fourth-order valence-corrected chi connectivity index (χ4v) is 2.44. The van der Waals surface area contributed by atoms with Crippen LogP contribution in [0.4, 0.5) is 15.9 Å². The van der Waals surface area contributed by atoms with Gasteiger partial charge >= 0.3 is 0 Å². The lowest BCUT2D eigenvalue weighted by molar-refractivity contribution is 0.308. The summed E-state index contributed by atoms with van der Waals surface area (Å²) in [5, 5.41) is 31.7.